The summed E-state index contributed by atoms with van der Waals surface area (Å²) in [6.45, 7) is 2.81. The minimum absolute atomic E-state index is 0.100. The molecule has 4 heteroatoms. The van der Waals surface area contributed by atoms with E-state index >= 15 is 0 Å². The lowest BCUT2D eigenvalue weighted by Crippen LogP contribution is -2.21. The van der Waals surface area contributed by atoms with Crippen molar-refractivity contribution in [2.24, 2.45) is 0 Å². The normalized spacial score (nSPS) is 12.2. The lowest BCUT2D eigenvalue weighted by Gasteiger charge is -2.25. The molecular formula is C17H20BrFN2. The SMILES string of the molecule is CNC(C)c1cc(F)ccc1N(C)Cc1ccc(Br)cc1. The van der Waals surface area contributed by atoms with Crippen molar-refractivity contribution in [3.05, 3.63) is 63.9 Å². The van der Waals surface area contributed by atoms with E-state index in [1.807, 2.05) is 39.2 Å². The van der Waals surface area contributed by atoms with Crippen LogP contribution in [0.2, 0.25) is 0 Å². The smallest absolute Gasteiger partial charge is 0.123 e. The van der Waals surface area contributed by atoms with Crippen molar-refractivity contribution in [1.29, 1.82) is 0 Å². The number of nitrogens with zero attached hydrogens (tertiary/aromatic N) is 1. The molecule has 2 aromatic rings. The minimum Gasteiger partial charge on any atom is -0.370 e. The van der Waals surface area contributed by atoms with Gasteiger partial charge in [-0.3, -0.25) is 0 Å². The predicted octanol–water partition coefficient (Wildman–Crippen LogP) is 4.51. The summed E-state index contributed by atoms with van der Waals surface area (Å²) in [5.74, 6) is -0.201. The van der Waals surface area contributed by atoms with Crippen LogP contribution in [-0.2, 0) is 6.54 Å². The van der Waals surface area contributed by atoms with E-state index in [1.54, 1.807) is 6.07 Å². The van der Waals surface area contributed by atoms with Gasteiger partial charge in [-0.2, -0.15) is 0 Å². The van der Waals surface area contributed by atoms with E-state index in [-0.39, 0.29) is 11.9 Å². The molecule has 0 radical (unpaired) electrons. The molecular weight excluding hydrogens is 331 g/mol. The molecule has 0 saturated heterocycles. The van der Waals surface area contributed by atoms with Crippen LogP contribution in [0, 0.1) is 5.82 Å². The predicted molar refractivity (Wildman–Crippen MR) is 90.1 cm³/mol. The Labute approximate surface area is 134 Å². The van der Waals surface area contributed by atoms with Crippen molar-refractivity contribution >= 4 is 21.6 Å². The summed E-state index contributed by atoms with van der Waals surface area (Å²) in [7, 11) is 3.91. The zero-order chi connectivity index (χ0) is 15.4. The van der Waals surface area contributed by atoms with Crippen LogP contribution in [0.15, 0.2) is 46.9 Å². The first-order valence-electron chi connectivity index (χ1n) is 6.93. The first kappa shape index (κ1) is 16.0. The summed E-state index contributed by atoms with van der Waals surface area (Å²) >= 11 is 3.44. The average Bonchev–Trinajstić information content (AvgIpc) is 2.48. The molecule has 21 heavy (non-hydrogen) atoms. The monoisotopic (exact) mass is 350 g/mol. The summed E-state index contributed by atoms with van der Waals surface area (Å²) in [6, 6.07) is 13.3. The average molecular weight is 351 g/mol. The number of benzene rings is 2. The first-order valence-corrected chi connectivity index (χ1v) is 7.73. The van der Waals surface area contributed by atoms with E-state index in [0.717, 1.165) is 22.3 Å². The lowest BCUT2D eigenvalue weighted by atomic mass is 10.0. The third-order valence-electron chi connectivity index (χ3n) is 3.63. The van der Waals surface area contributed by atoms with E-state index < -0.39 is 0 Å². The Morgan fingerprint density at radius 3 is 2.48 bits per heavy atom. The topological polar surface area (TPSA) is 15.3 Å². The van der Waals surface area contributed by atoms with Crippen LogP contribution in [0.4, 0.5) is 10.1 Å². The van der Waals surface area contributed by atoms with Crippen molar-refractivity contribution in [3.63, 3.8) is 0 Å². The molecule has 0 amide bonds. The zero-order valence-electron chi connectivity index (χ0n) is 12.5. The maximum Gasteiger partial charge on any atom is 0.123 e. The molecule has 112 valence electrons. The van der Waals surface area contributed by atoms with E-state index in [9.17, 15) is 4.39 Å². The Morgan fingerprint density at radius 2 is 1.86 bits per heavy atom. The number of halogens is 2. The van der Waals surface area contributed by atoms with Gasteiger partial charge in [0.05, 0.1) is 0 Å². The van der Waals surface area contributed by atoms with Crippen LogP contribution in [0.5, 0.6) is 0 Å². The fraction of sp³-hybridized carbons (Fsp3) is 0.294. The van der Waals surface area contributed by atoms with Crippen LogP contribution in [0.25, 0.3) is 0 Å². The van der Waals surface area contributed by atoms with Gasteiger partial charge in [-0.1, -0.05) is 28.1 Å². The fourth-order valence-corrected chi connectivity index (χ4v) is 2.59. The van der Waals surface area contributed by atoms with E-state index in [4.69, 9.17) is 0 Å². The summed E-state index contributed by atoms with van der Waals surface area (Å²) < 4.78 is 14.6. The quantitative estimate of drug-likeness (QED) is 0.853. The molecule has 0 aliphatic rings. The molecule has 0 saturated carbocycles. The summed E-state index contributed by atoms with van der Waals surface area (Å²) in [5.41, 5.74) is 3.23. The standard InChI is InChI=1S/C17H20BrFN2/c1-12(20-2)16-10-15(19)8-9-17(16)21(3)11-13-4-6-14(18)7-5-13/h4-10,12,20H,11H2,1-3H3. The number of anilines is 1. The molecule has 2 aromatic carbocycles. The highest BCUT2D eigenvalue weighted by Crippen LogP contribution is 2.27. The zero-order valence-corrected chi connectivity index (χ0v) is 14.1. The van der Waals surface area contributed by atoms with Gasteiger partial charge in [0.25, 0.3) is 0 Å². The van der Waals surface area contributed by atoms with Gasteiger partial charge in [-0.25, -0.2) is 4.39 Å². The Kier molecular flexibility index (Phi) is 5.37. The van der Waals surface area contributed by atoms with Crippen molar-refractivity contribution in [3.8, 4) is 0 Å². The van der Waals surface area contributed by atoms with Gasteiger partial charge < -0.3 is 10.2 Å². The Balaban J connectivity index is 2.26. The number of hydrogen-bond donors (Lipinski definition) is 1. The molecule has 2 nitrogen and oxygen atoms in total. The van der Waals surface area contributed by atoms with Crippen LogP contribution in [0.3, 0.4) is 0 Å². The second-order valence-corrected chi connectivity index (χ2v) is 6.11. The number of hydrogen-bond acceptors (Lipinski definition) is 2. The second-order valence-electron chi connectivity index (χ2n) is 5.20. The van der Waals surface area contributed by atoms with E-state index in [2.05, 4.69) is 38.3 Å². The molecule has 0 aliphatic carbocycles. The van der Waals surface area contributed by atoms with Gasteiger partial charge >= 0.3 is 0 Å². The van der Waals surface area contributed by atoms with Crippen molar-refractivity contribution < 1.29 is 4.39 Å². The molecule has 0 spiro atoms. The molecule has 1 atom stereocenters. The van der Waals surface area contributed by atoms with Gasteiger partial charge in [0, 0.05) is 29.8 Å². The second kappa shape index (κ2) is 7.05. The first-order chi connectivity index (χ1) is 10.0. The summed E-state index contributed by atoms with van der Waals surface area (Å²) in [4.78, 5) is 2.14. The molecule has 0 bridgehead atoms. The Bertz CT molecular complexity index is 598. The van der Waals surface area contributed by atoms with Crippen molar-refractivity contribution in [2.75, 3.05) is 19.0 Å². The molecule has 1 N–H and O–H groups in total. The van der Waals surface area contributed by atoms with Gasteiger partial charge in [0.15, 0.2) is 0 Å². The summed E-state index contributed by atoms with van der Waals surface area (Å²) in [6.07, 6.45) is 0. The third-order valence-corrected chi connectivity index (χ3v) is 4.16. The van der Waals surface area contributed by atoms with Crippen LogP contribution in [-0.4, -0.2) is 14.1 Å². The van der Waals surface area contributed by atoms with Crippen molar-refractivity contribution in [1.82, 2.24) is 5.32 Å². The van der Waals surface area contributed by atoms with Crippen LogP contribution >= 0.6 is 15.9 Å². The Hall–Kier alpha value is -1.39. The molecule has 0 aliphatic heterocycles. The van der Waals surface area contributed by atoms with Gasteiger partial charge in [-0.05, 0) is 55.4 Å². The molecule has 2 rings (SSSR count). The summed E-state index contributed by atoms with van der Waals surface area (Å²) in [5, 5.41) is 3.18. The van der Waals surface area contributed by atoms with E-state index in [0.29, 0.717) is 0 Å². The lowest BCUT2D eigenvalue weighted by molar-refractivity contribution is 0.607. The molecule has 0 fully saturated rings. The highest BCUT2D eigenvalue weighted by Gasteiger charge is 2.13. The highest BCUT2D eigenvalue weighted by molar-refractivity contribution is 9.10. The highest BCUT2D eigenvalue weighted by atomic mass is 79.9. The molecule has 0 aromatic heterocycles. The number of nitrogens with one attached hydrogen (secondary N) is 1. The van der Waals surface area contributed by atoms with Crippen LogP contribution in [0.1, 0.15) is 24.1 Å². The van der Waals surface area contributed by atoms with Gasteiger partial charge in [0.1, 0.15) is 5.82 Å². The third kappa shape index (κ3) is 4.05. The number of rotatable bonds is 5. The van der Waals surface area contributed by atoms with Gasteiger partial charge in [-0.15, -0.1) is 0 Å². The minimum atomic E-state index is -0.201. The largest absolute Gasteiger partial charge is 0.370 e. The van der Waals surface area contributed by atoms with Crippen LogP contribution < -0.4 is 10.2 Å². The Morgan fingerprint density at radius 1 is 1.19 bits per heavy atom. The molecule has 1 unspecified atom stereocenters. The maximum atomic E-state index is 13.5. The van der Waals surface area contributed by atoms with E-state index in [1.165, 1.54) is 11.6 Å². The van der Waals surface area contributed by atoms with Gasteiger partial charge in [0.2, 0.25) is 0 Å². The fourth-order valence-electron chi connectivity index (χ4n) is 2.32. The maximum absolute atomic E-state index is 13.5. The molecule has 0 heterocycles. The van der Waals surface area contributed by atoms with Crippen molar-refractivity contribution in [2.45, 2.75) is 19.5 Å².